The Kier molecular flexibility index (Phi) is 7.51. The molecule has 1 aliphatic heterocycles. The maximum Gasteiger partial charge on any atom is 0.247 e. The zero-order chi connectivity index (χ0) is 25.8. The van der Waals surface area contributed by atoms with Crippen molar-refractivity contribution in [3.05, 3.63) is 82.5 Å². The van der Waals surface area contributed by atoms with Crippen molar-refractivity contribution in [1.29, 1.82) is 5.26 Å². The van der Waals surface area contributed by atoms with Gasteiger partial charge in [0.2, 0.25) is 11.8 Å². The number of thioether (sulfide) groups is 1. The predicted molar refractivity (Wildman–Crippen MR) is 137 cm³/mol. The van der Waals surface area contributed by atoms with Gasteiger partial charge in [-0.2, -0.15) is 5.26 Å². The van der Waals surface area contributed by atoms with Crippen LogP contribution in [0.4, 0.5) is 5.69 Å². The Hall–Kier alpha value is -3.96. The fourth-order valence-corrected chi connectivity index (χ4v) is 5.39. The molecule has 7 nitrogen and oxygen atoms in total. The van der Waals surface area contributed by atoms with Crippen LogP contribution in [-0.2, 0) is 16.0 Å². The maximum absolute atomic E-state index is 13.2. The molecule has 2 amide bonds. The average molecular weight is 500 g/mol. The number of aryl methyl sites for hydroxylation is 1. The van der Waals surface area contributed by atoms with E-state index in [9.17, 15) is 19.6 Å². The Bertz CT molecular complexity index is 1360. The van der Waals surface area contributed by atoms with Crippen molar-refractivity contribution in [3.8, 4) is 11.8 Å². The van der Waals surface area contributed by atoms with E-state index in [0.717, 1.165) is 11.8 Å². The van der Waals surface area contributed by atoms with Gasteiger partial charge in [-0.3, -0.25) is 14.4 Å². The lowest BCUT2D eigenvalue weighted by Gasteiger charge is -2.17. The molecule has 8 heteroatoms. The summed E-state index contributed by atoms with van der Waals surface area (Å²) in [5, 5.41) is 9.59. The van der Waals surface area contributed by atoms with Crippen LogP contribution in [0.3, 0.4) is 0 Å². The van der Waals surface area contributed by atoms with E-state index in [1.54, 1.807) is 50.2 Å². The summed E-state index contributed by atoms with van der Waals surface area (Å²) in [7, 11) is 0. The molecule has 1 aliphatic rings. The third-order valence-corrected chi connectivity index (χ3v) is 7.23. The van der Waals surface area contributed by atoms with Gasteiger partial charge in [-0.1, -0.05) is 42.1 Å². The minimum Gasteiger partial charge on any atom is -0.494 e. The van der Waals surface area contributed by atoms with Gasteiger partial charge in [0.1, 0.15) is 16.8 Å². The number of benzene rings is 2. The molecule has 0 radical (unpaired) electrons. The SMILES string of the molecule is CCOc1ccc(N2C(=O)C[C@@H](Sc3nc(C)c(CC(=O)c4ccccc4)c(C)c3C#N)C2=O)cc1. The van der Waals surface area contributed by atoms with Crippen LogP contribution in [0.15, 0.2) is 59.6 Å². The Morgan fingerprint density at radius 1 is 1.14 bits per heavy atom. The van der Waals surface area contributed by atoms with Crippen LogP contribution in [-0.4, -0.2) is 34.4 Å². The van der Waals surface area contributed by atoms with Crippen molar-refractivity contribution >= 4 is 35.0 Å². The fraction of sp³-hybridized carbons (Fsp3) is 0.250. The number of carbonyl (C=O) groups is 3. The van der Waals surface area contributed by atoms with Gasteiger partial charge in [0.05, 0.1) is 23.1 Å². The molecule has 36 heavy (non-hydrogen) atoms. The molecule has 0 spiro atoms. The fourth-order valence-electron chi connectivity index (χ4n) is 4.18. The molecule has 3 aromatic rings. The molecule has 1 fully saturated rings. The topological polar surface area (TPSA) is 100 Å². The highest BCUT2D eigenvalue weighted by Crippen LogP contribution is 2.36. The van der Waals surface area contributed by atoms with E-state index < -0.39 is 5.25 Å². The van der Waals surface area contributed by atoms with Crippen molar-refractivity contribution < 1.29 is 19.1 Å². The predicted octanol–water partition coefficient (Wildman–Crippen LogP) is 4.82. The first-order valence-electron chi connectivity index (χ1n) is 11.6. The number of hydrogen-bond acceptors (Lipinski definition) is 7. The van der Waals surface area contributed by atoms with E-state index in [1.165, 1.54) is 4.90 Å². The minimum atomic E-state index is -0.695. The summed E-state index contributed by atoms with van der Waals surface area (Å²) in [4.78, 5) is 44.4. The van der Waals surface area contributed by atoms with Gasteiger partial charge in [0.25, 0.3) is 0 Å². The molecular formula is C28H25N3O4S. The Labute approximate surface area is 214 Å². The number of pyridine rings is 1. The number of anilines is 1. The number of nitriles is 1. The number of aromatic nitrogens is 1. The van der Waals surface area contributed by atoms with Crippen molar-refractivity contribution in [1.82, 2.24) is 4.98 Å². The number of Topliss-reactive ketones (excluding diaryl/α,β-unsaturated/α-hetero) is 1. The summed E-state index contributed by atoms with van der Waals surface area (Å²) >= 11 is 1.12. The van der Waals surface area contributed by atoms with Crippen LogP contribution >= 0.6 is 11.8 Å². The summed E-state index contributed by atoms with van der Waals surface area (Å²) in [5.41, 5.74) is 3.39. The monoisotopic (exact) mass is 499 g/mol. The molecule has 0 bridgehead atoms. The quantitative estimate of drug-likeness (QED) is 0.324. The Balaban J connectivity index is 1.57. The molecular weight excluding hydrogens is 474 g/mol. The number of ether oxygens (including phenoxy) is 1. The molecule has 182 valence electrons. The Morgan fingerprint density at radius 2 is 1.83 bits per heavy atom. The zero-order valence-electron chi connectivity index (χ0n) is 20.3. The molecule has 1 saturated heterocycles. The zero-order valence-corrected chi connectivity index (χ0v) is 21.1. The summed E-state index contributed by atoms with van der Waals surface area (Å²) in [6, 6.07) is 18.0. The number of nitrogens with zero attached hydrogens (tertiary/aromatic N) is 3. The highest BCUT2D eigenvalue weighted by atomic mass is 32.2. The van der Waals surface area contributed by atoms with Gasteiger partial charge >= 0.3 is 0 Å². The van der Waals surface area contributed by atoms with E-state index >= 15 is 0 Å². The lowest BCUT2D eigenvalue weighted by molar-refractivity contribution is -0.121. The van der Waals surface area contributed by atoms with Crippen LogP contribution in [0.1, 0.15) is 46.1 Å². The summed E-state index contributed by atoms with van der Waals surface area (Å²) in [6.45, 7) is 5.98. The first-order chi connectivity index (χ1) is 17.3. The van der Waals surface area contributed by atoms with Crippen molar-refractivity contribution in [3.63, 3.8) is 0 Å². The van der Waals surface area contributed by atoms with Crippen molar-refractivity contribution in [2.45, 2.75) is 43.9 Å². The number of rotatable bonds is 8. The normalized spacial score (nSPS) is 15.2. The summed E-state index contributed by atoms with van der Waals surface area (Å²) < 4.78 is 5.43. The first-order valence-corrected chi connectivity index (χ1v) is 12.5. The van der Waals surface area contributed by atoms with Gasteiger partial charge < -0.3 is 4.74 Å². The molecule has 4 rings (SSSR count). The molecule has 0 N–H and O–H groups in total. The third-order valence-electron chi connectivity index (χ3n) is 6.06. The number of ketones is 1. The van der Waals surface area contributed by atoms with Crippen LogP contribution in [0.5, 0.6) is 5.75 Å². The third kappa shape index (κ3) is 5.02. The second-order valence-electron chi connectivity index (χ2n) is 8.36. The standard InChI is InChI=1S/C28H25N3O4S/c1-4-35-21-12-10-20(11-13-21)31-26(33)15-25(28(31)34)36-27-23(16-29)17(2)22(18(3)30-27)14-24(32)19-8-6-5-7-9-19/h5-13,25H,4,14-15H2,1-3H3/t25-/m1/s1. The average Bonchev–Trinajstić information content (AvgIpc) is 3.15. The van der Waals surface area contributed by atoms with E-state index in [0.29, 0.717) is 51.0 Å². The molecule has 1 aromatic heterocycles. The molecule has 2 aromatic carbocycles. The van der Waals surface area contributed by atoms with Crippen LogP contribution in [0, 0.1) is 25.2 Å². The van der Waals surface area contributed by atoms with Crippen LogP contribution < -0.4 is 9.64 Å². The molecule has 0 unspecified atom stereocenters. The van der Waals surface area contributed by atoms with E-state index in [-0.39, 0.29) is 30.4 Å². The largest absolute Gasteiger partial charge is 0.494 e. The van der Waals surface area contributed by atoms with Gasteiger partial charge in [-0.15, -0.1) is 0 Å². The van der Waals surface area contributed by atoms with Gasteiger partial charge in [0, 0.05) is 24.1 Å². The second-order valence-corrected chi connectivity index (χ2v) is 9.56. The molecule has 1 atom stereocenters. The summed E-state index contributed by atoms with van der Waals surface area (Å²) in [6.07, 6.45) is 0.135. The molecule has 2 heterocycles. The maximum atomic E-state index is 13.2. The van der Waals surface area contributed by atoms with Crippen LogP contribution in [0.2, 0.25) is 0 Å². The second kappa shape index (κ2) is 10.8. The highest BCUT2D eigenvalue weighted by molar-refractivity contribution is 8.00. The van der Waals surface area contributed by atoms with Gasteiger partial charge in [-0.25, -0.2) is 9.88 Å². The van der Waals surface area contributed by atoms with Crippen LogP contribution in [0.25, 0.3) is 0 Å². The number of amides is 2. The first kappa shape index (κ1) is 25.1. The number of carbonyl (C=O) groups excluding carboxylic acids is 3. The van der Waals surface area contributed by atoms with E-state index in [2.05, 4.69) is 11.1 Å². The molecule has 0 aliphatic carbocycles. The highest BCUT2D eigenvalue weighted by Gasteiger charge is 2.41. The van der Waals surface area contributed by atoms with E-state index in [4.69, 9.17) is 4.74 Å². The lowest BCUT2D eigenvalue weighted by Crippen LogP contribution is -2.31. The smallest absolute Gasteiger partial charge is 0.247 e. The summed E-state index contributed by atoms with van der Waals surface area (Å²) in [5.74, 6) is -0.0569. The molecule has 0 saturated carbocycles. The van der Waals surface area contributed by atoms with Crippen molar-refractivity contribution in [2.24, 2.45) is 0 Å². The Morgan fingerprint density at radius 3 is 2.47 bits per heavy atom. The van der Waals surface area contributed by atoms with Gasteiger partial charge in [-0.05, 0) is 56.2 Å². The van der Waals surface area contributed by atoms with E-state index in [1.807, 2.05) is 25.1 Å². The minimum absolute atomic E-state index is 0.00952. The van der Waals surface area contributed by atoms with Gasteiger partial charge in [0.15, 0.2) is 5.78 Å². The number of hydrogen-bond donors (Lipinski definition) is 0. The number of imide groups is 1. The lowest BCUT2D eigenvalue weighted by atomic mass is 9.96. The van der Waals surface area contributed by atoms with Crippen molar-refractivity contribution in [2.75, 3.05) is 11.5 Å².